The quantitative estimate of drug-likeness (QED) is 0.277. The molecule has 28 heavy (non-hydrogen) atoms. The molecule has 1 heterocycles. The Kier molecular flexibility index (Phi) is 5.71. The topological polar surface area (TPSA) is 107 Å². The van der Waals surface area contributed by atoms with Gasteiger partial charge in [-0.3, -0.25) is 15.5 Å². The zero-order chi connectivity index (χ0) is 20.1. The second-order valence-corrected chi connectivity index (χ2v) is 5.97. The van der Waals surface area contributed by atoms with Gasteiger partial charge in [0.2, 0.25) is 0 Å². The molecule has 0 saturated heterocycles. The zero-order valence-corrected chi connectivity index (χ0v) is 15.3. The van der Waals surface area contributed by atoms with Crippen molar-refractivity contribution in [3.05, 3.63) is 81.1 Å². The average Bonchev–Trinajstić information content (AvgIpc) is 3.16. The number of hydrogen-bond donors (Lipinski definition) is 1. The van der Waals surface area contributed by atoms with Crippen LogP contribution >= 0.6 is 11.6 Å². The molecular weight excluding hydrogens is 386 g/mol. The number of nitro groups is 1. The second kappa shape index (κ2) is 8.36. The number of furan rings is 1. The number of nitrogens with zero attached hydrogens (tertiary/aromatic N) is 2. The Bertz CT molecular complexity index is 1040. The summed E-state index contributed by atoms with van der Waals surface area (Å²) in [5.41, 5.74) is 4.32. The Balaban J connectivity index is 1.68. The molecule has 2 aromatic carbocycles. The number of hydrazone groups is 1. The molecule has 0 bridgehead atoms. The Hall–Kier alpha value is -3.65. The Morgan fingerprint density at radius 2 is 1.96 bits per heavy atom. The van der Waals surface area contributed by atoms with Crippen LogP contribution in [0, 0.1) is 10.1 Å². The van der Waals surface area contributed by atoms with Crippen LogP contribution in [0.5, 0.6) is 0 Å². The molecule has 3 aromatic rings. The van der Waals surface area contributed by atoms with Crippen molar-refractivity contribution in [2.24, 2.45) is 5.10 Å². The summed E-state index contributed by atoms with van der Waals surface area (Å²) in [6.45, 7) is 0. The van der Waals surface area contributed by atoms with Crippen molar-refractivity contribution in [3.8, 4) is 11.3 Å². The molecule has 0 saturated carbocycles. The van der Waals surface area contributed by atoms with Gasteiger partial charge in [0, 0.05) is 17.7 Å². The molecular formula is C19H14ClN3O5. The summed E-state index contributed by atoms with van der Waals surface area (Å²) < 4.78 is 10.3. The predicted octanol–water partition coefficient (Wildman–Crippen LogP) is 4.74. The minimum absolute atomic E-state index is 0.00193. The zero-order valence-electron chi connectivity index (χ0n) is 14.6. The SMILES string of the molecule is COC(=O)c1ccc(-c2ccc(/C=N/Nc3ccc([N+](=O)[O-])cc3)o2)cc1Cl. The molecule has 0 spiro atoms. The standard InChI is InChI=1S/C19H14ClN3O5/c1-27-19(24)16-8-2-12(10-17(16)20)18-9-7-15(28-18)11-21-22-13-3-5-14(6-4-13)23(25)26/h2-11,22H,1H3/b21-11+. The lowest BCUT2D eigenvalue weighted by Crippen LogP contribution is -2.01. The number of carbonyl (C=O) groups is 1. The van der Waals surface area contributed by atoms with Crippen molar-refractivity contribution < 1.29 is 18.9 Å². The van der Waals surface area contributed by atoms with E-state index in [9.17, 15) is 14.9 Å². The van der Waals surface area contributed by atoms with Gasteiger partial charge in [-0.25, -0.2) is 4.79 Å². The number of ether oxygens (including phenoxy) is 1. The smallest absolute Gasteiger partial charge is 0.339 e. The molecule has 142 valence electrons. The first-order valence-electron chi connectivity index (χ1n) is 7.99. The number of nitro benzene ring substituents is 1. The molecule has 0 fully saturated rings. The van der Waals surface area contributed by atoms with Crippen molar-refractivity contribution in [2.75, 3.05) is 12.5 Å². The maximum Gasteiger partial charge on any atom is 0.339 e. The molecule has 0 aliphatic heterocycles. The third kappa shape index (κ3) is 4.36. The van der Waals surface area contributed by atoms with Crippen molar-refractivity contribution >= 4 is 35.2 Å². The maximum absolute atomic E-state index is 11.6. The Morgan fingerprint density at radius 1 is 1.21 bits per heavy atom. The van der Waals surface area contributed by atoms with Crippen LogP contribution < -0.4 is 5.43 Å². The fourth-order valence-electron chi connectivity index (χ4n) is 2.35. The summed E-state index contributed by atoms with van der Waals surface area (Å²) in [7, 11) is 1.29. The van der Waals surface area contributed by atoms with Gasteiger partial charge in [-0.05, 0) is 36.4 Å². The summed E-state index contributed by atoms with van der Waals surface area (Å²) in [5, 5.41) is 14.9. The number of halogens is 1. The molecule has 0 atom stereocenters. The van der Waals surface area contributed by atoms with Gasteiger partial charge in [-0.2, -0.15) is 5.10 Å². The molecule has 0 aliphatic rings. The van der Waals surface area contributed by atoms with E-state index in [1.807, 2.05) is 0 Å². The number of esters is 1. The fraction of sp³-hybridized carbons (Fsp3) is 0.0526. The van der Waals surface area contributed by atoms with Crippen LogP contribution in [0.3, 0.4) is 0 Å². The van der Waals surface area contributed by atoms with Crippen LogP contribution in [0.15, 0.2) is 64.1 Å². The van der Waals surface area contributed by atoms with E-state index in [1.165, 1.54) is 25.5 Å². The third-order valence-corrected chi connectivity index (χ3v) is 4.06. The highest BCUT2D eigenvalue weighted by Gasteiger charge is 2.13. The van der Waals surface area contributed by atoms with E-state index in [0.717, 1.165) is 0 Å². The van der Waals surface area contributed by atoms with Crippen molar-refractivity contribution in [1.29, 1.82) is 0 Å². The molecule has 8 nitrogen and oxygen atoms in total. The average molecular weight is 400 g/mol. The number of anilines is 1. The largest absolute Gasteiger partial charge is 0.465 e. The molecule has 0 aliphatic carbocycles. The van der Waals surface area contributed by atoms with Gasteiger partial charge in [0.25, 0.3) is 5.69 Å². The number of carbonyl (C=O) groups excluding carboxylic acids is 1. The van der Waals surface area contributed by atoms with Crippen molar-refractivity contribution in [2.45, 2.75) is 0 Å². The van der Waals surface area contributed by atoms with E-state index < -0.39 is 10.9 Å². The highest BCUT2D eigenvalue weighted by Crippen LogP contribution is 2.27. The van der Waals surface area contributed by atoms with E-state index in [0.29, 0.717) is 22.8 Å². The summed E-state index contributed by atoms with van der Waals surface area (Å²) in [4.78, 5) is 21.7. The second-order valence-electron chi connectivity index (χ2n) is 5.56. The maximum atomic E-state index is 11.6. The van der Waals surface area contributed by atoms with Crippen LogP contribution in [-0.2, 0) is 4.74 Å². The predicted molar refractivity (Wildman–Crippen MR) is 105 cm³/mol. The number of rotatable bonds is 6. The van der Waals surface area contributed by atoms with Crippen LogP contribution in [0.2, 0.25) is 5.02 Å². The minimum atomic E-state index is -0.513. The van der Waals surface area contributed by atoms with Crippen molar-refractivity contribution in [1.82, 2.24) is 0 Å². The third-order valence-electron chi connectivity index (χ3n) is 3.75. The van der Waals surface area contributed by atoms with E-state index in [4.69, 9.17) is 16.0 Å². The number of hydrogen-bond acceptors (Lipinski definition) is 7. The van der Waals surface area contributed by atoms with Gasteiger partial charge < -0.3 is 9.15 Å². The minimum Gasteiger partial charge on any atom is -0.465 e. The van der Waals surface area contributed by atoms with Crippen LogP contribution in [0.1, 0.15) is 16.1 Å². The van der Waals surface area contributed by atoms with E-state index in [-0.39, 0.29) is 16.3 Å². The first-order valence-corrected chi connectivity index (χ1v) is 8.37. The van der Waals surface area contributed by atoms with Crippen LogP contribution in [-0.4, -0.2) is 24.2 Å². The van der Waals surface area contributed by atoms with Gasteiger partial charge in [0.1, 0.15) is 11.5 Å². The first kappa shape index (κ1) is 19.1. The van der Waals surface area contributed by atoms with Gasteiger partial charge in [0.15, 0.2) is 0 Å². The molecule has 1 aromatic heterocycles. The van der Waals surface area contributed by atoms with Crippen LogP contribution in [0.4, 0.5) is 11.4 Å². The van der Waals surface area contributed by atoms with E-state index in [2.05, 4.69) is 15.3 Å². The monoisotopic (exact) mass is 399 g/mol. The van der Waals surface area contributed by atoms with Gasteiger partial charge in [-0.1, -0.05) is 17.7 Å². The number of methoxy groups -OCH3 is 1. The number of non-ortho nitro benzene ring substituents is 1. The van der Waals surface area contributed by atoms with E-state index in [1.54, 1.807) is 42.5 Å². The van der Waals surface area contributed by atoms with Gasteiger partial charge in [0.05, 0.1) is 34.5 Å². The van der Waals surface area contributed by atoms with E-state index >= 15 is 0 Å². The molecule has 3 rings (SSSR count). The lowest BCUT2D eigenvalue weighted by Gasteiger charge is -2.04. The summed E-state index contributed by atoms with van der Waals surface area (Å²) in [6.07, 6.45) is 1.47. The van der Waals surface area contributed by atoms with Gasteiger partial charge >= 0.3 is 5.97 Å². The Labute approximate surface area is 164 Å². The lowest BCUT2D eigenvalue weighted by atomic mass is 10.1. The van der Waals surface area contributed by atoms with Crippen LogP contribution in [0.25, 0.3) is 11.3 Å². The molecule has 9 heteroatoms. The lowest BCUT2D eigenvalue weighted by molar-refractivity contribution is -0.384. The first-order chi connectivity index (χ1) is 13.5. The summed E-state index contributed by atoms with van der Waals surface area (Å²) in [6, 6.07) is 14.2. The summed E-state index contributed by atoms with van der Waals surface area (Å²) >= 11 is 6.12. The molecule has 0 unspecified atom stereocenters. The molecule has 1 N–H and O–H groups in total. The normalized spacial score (nSPS) is 10.8. The fourth-order valence-corrected chi connectivity index (χ4v) is 2.61. The molecule has 0 amide bonds. The molecule has 0 radical (unpaired) electrons. The highest BCUT2D eigenvalue weighted by atomic mass is 35.5. The number of nitrogens with one attached hydrogen (secondary N) is 1. The van der Waals surface area contributed by atoms with Crippen molar-refractivity contribution in [3.63, 3.8) is 0 Å². The Morgan fingerprint density at radius 3 is 2.61 bits per heavy atom. The summed E-state index contributed by atoms with van der Waals surface area (Å²) in [5.74, 6) is 0.522. The highest BCUT2D eigenvalue weighted by molar-refractivity contribution is 6.33. The van der Waals surface area contributed by atoms with Gasteiger partial charge in [-0.15, -0.1) is 0 Å². The number of benzene rings is 2.